The molecule has 0 heterocycles. The third-order valence-corrected chi connectivity index (χ3v) is 2.65. The average molecular weight is 199 g/mol. The molecule has 1 amide bonds. The van der Waals surface area contributed by atoms with E-state index < -0.39 is 11.9 Å². The van der Waals surface area contributed by atoms with Crippen LogP contribution in [0.1, 0.15) is 26.2 Å². The number of amides is 1. The van der Waals surface area contributed by atoms with E-state index >= 15 is 0 Å². The fraction of sp³-hybridized carbons (Fsp3) is 0.800. The Kier molecular flexibility index (Phi) is 3.49. The molecule has 1 N–H and O–H groups in total. The van der Waals surface area contributed by atoms with Crippen LogP contribution in [0.25, 0.3) is 0 Å². The highest BCUT2D eigenvalue weighted by Gasteiger charge is 2.49. The zero-order chi connectivity index (χ0) is 10.7. The summed E-state index contributed by atoms with van der Waals surface area (Å²) in [5.41, 5.74) is 0. The summed E-state index contributed by atoms with van der Waals surface area (Å²) in [4.78, 5) is 23.8. The Morgan fingerprint density at radius 2 is 2.07 bits per heavy atom. The summed E-state index contributed by atoms with van der Waals surface area (Å²) >= 11 is 0. The first kappa shape index (κ1) is 11.0. The quantitative estimate of drug-likeness (QED) is 0.717. The third-order valence-electron chi connectivity index (χ3n) is 2.65. The highest BCUT2D eigenvalue weighted by atomic mass is 16.4. The normalized spacial score (nSPS) is 24.4. The molecule has 2 unspecified atom stereocenters. The van der Waals surface area contributed by atoms with Gasteiger partial charge in [-0.05, 0) is 12.8 Å². The number of carboxylic acids is 1. The molecule has 0 spiro atoms. The van der Waals surface area contributed by atoms with Crippen LogP contribution in [-0.2, 0) is 9.59 Å². The van der Waals surface area contributed by atoms with Gasteiger partial charge >= 0.3 is 5.97 Å². The summed E-state index contributed by atoms with van der Waals surface area (Å²) in [6, 6.07) is 0. The number of carbonyl (C=O) groups is 2. The topological polar surface area (TPSA) is 57.6 Å². The first-order valence-corrected chi connectivity index (χ1v) is 5.05. The van der Waals surface area contributed by atoms with Crippen LogP contribution in [0.2, 0.25) is 0 Å². The molecule has 80 valence electrons. The van der Waals surface area contributed by atoms with E-state index in [1.54, 1.807) is 11.9 Å². The lowest BCUT2D eigenvalue weighted by molar-refractivity contribution is -0.141. The van der Waals surface area contributed by atoms with Crippen molar-refractivity contribution in [2.75, 3.05) is 13.6 Å². The minimum Gasteiger partial charge on any atom is -0.481 e. The van der Waals surface area contributed by atoms with Crippen LogP contribution in [0.3, 0.4) is 0 Å². The summed E-state index contributed by atoms with van der Waals surface area (Å²) in [7, 11) is 1.75. The lowest BCUT2D eigenvalue weighted by atomic mass is 10.2. The van der Waals surface area contributed by atoms with Gasteiger partial charge in [0.2, 0.25) is 5.91 Å². The van der Waals surface area contributed by atoms with E-state index in [-0.39, 0.29) is 11.8 Å². The largest absolute Gasteiger partial charge is 0.481 e. The summed E-state index contributed by atoms with van der Waals surface area (Å²) < 4.78 is 0. The number of rotatable bonds is 5. The first-order chi connectivity index (χ1) is 6.57. The van der Waals surface area contributed by atoms with Gasteiger partial charge in [-0.25, -0.2) is 0 Å². The molecule has 1 saturated carbocycles. The minimum absolute atomic E-state index is 0.00847. The monoisotopic (exact) mass is 199 g/mol. The number of carboxylic acid groups (broad SMARTS) is 1. The molecule has 14 heavy (non-hydrogen) atoms. The maximum atomic E-state index is 11.6. The van der Waals surface area contributed by atoms with Crippen molar-refractivity contribution in [1.29, 1.82) is 0 Å². The molecule has 1 aliphatic carbocycles. The zero-order valence-electron chi connectivity index (χ0n) is 8.69. The van der Waals surface area contributed by atoms with Crippen molar-refractivity contribution in [3.63, 3.8) is 0 Å². The minimum atomic E-state index is -0.841. The van der Waals surface area contributed by atoms with Crippen LogP contribution in [0.15, 0.2) is 0 Å². The second kappa shape index (κ2) is 4.44. The Bertz CT molecular complexity index is 240. The van der Waals surface area contributed by atoms with Gasteiger partial charge in [0.25, 0.3) is 0 Å². The van der Waals surface area contributed by atoms with Gasteiger partial charge in [0, 0.05) is 13.6 Å². The molecule has 1 rings (SSSR count). The van der Waals surface area contributed by atoms with E-state index in [1.165, 1.54) is 0 Å². The lowest BCUT2D eigenvalue weighted by Crippen LogP contribution is -2.30. The van der Waals surface area contributed by atoms with Crippen LogP contribution in [-0.4, -0.2) is 35.5 Å². The van der Waals surface area contributed by atoms with Crippen molar-refractivity contribution in [2.45, 2.75) is 26.2 Å². The maximum absolute atomic E-state index is 11.6. The highest BCUT2D eigenvalue weighted by Crippen LogP contribution is 2.39. The van der Waals surface area contributed by atoms with Gasteiger partial charge in [-0.2, -0.15) is 0 Å². The number of hydrogen-bond acceptors (Lipinski definition) is 2. The molecule has 2 atom stereocenters. The van der Waals surface area contributed by atoms with E-state index in [4.69, 9.17) is 5.11 Å². The molecule has 1 aliphatic rings. The van der Waals surface area contributed by atoms with Crippen molar-refractivity contribution in [1.82, 2.24) is 4.90 Å². The molecule has 4 heteroatoms. The SMILES string of the molecule is CCCCN(C)C(=O)C1CC1C(=O)O. The third kappa shape index (κ3) is 2.47. The van der Waals surface area contributed by atoms with Crippen LogP contribution in [0.5, 0.6) is 0 Å². The highest BCUT2D eigenvalue weighted by molar-refractivity contribution is 5.89. The van der Waals surface area contributed by atoms with Gasteiger partial charge in [-0.3, -0.25) is 9.59 Å². The molecule has 0 aromatic rings. The number of aliphatic carboxylic acids is 1. The summed E-state index contributed by atoms with van der Waals surface area (Å²) in [6.07, 6.45) is 2.54. The van der Waals surface area contributed by atoms with Gasteiger partial charge in [0.05, 0.1) is 11.8 Å². The Morgan fingerprint density at radius 1 is 1.43 bits per heavy atom. The molecule has 0 aromatic heterocycles. The average Bonchev–Trinajstić information content (AvgIpc) is 2.92. The van der Waals surface area contributed by atoms with Crippen molar-refractivity contribution in [2.24, 2.45) is 11.8 Å². The van der Waals surface area contributed by atoms with Gasteiger partial charge in [-0.15, -0.1) is 0 Å². The Hall–Kier alpha value is -1.06. The Labute approximate surface area is 83.9 Å². The van der Waals surface area contributed by atoms with E-state index in [1.807, 2.05) is 0 Å². The molecular weight excluding hydrogens is 182 g/mol. The predicted molar refractivity (Wildman–Crippen MR) is 51.8 cm³/mol. The van der Waals surface area contributed by atoms with E-state index in [0.717, 1.165) is 19.4 Å². The van der Waals surface area contributed by atoms with Crippen LogP contribution in [0, 0.1) is 11.8 Å². The van der Waals surface area contributed by atoms with Gasteiger partial charge in [0.15, 0.2) is 0 Å². The van der Waals surface area contributed by atoms with Crippen LogP contribution in [0.4, 0.5) is 0 Å². The molecule has 0 aliphatic heterocycles. The standard InChI is InChI=1S/C10H17NO3/c1-3-4-5-11(2)9(12)7-6-8(7)10(13)14/h7-8H,3-6H2,1-2H3,(H,13,14). The van der Waals surface area contributed by atoms with Crippen molar-refractivity contribution in [3.05, 3.63) is 0 Å². The zero-order valence-corrected chi connectivity index (χ0v) is 8.69. The maximum Gasteiger partial charge on any atom is 0.307 e. The van der Waals surface area contributed by atoms with Crippen LogP contribution < -0.4 is 0 Å². The molecule has 0 saturated heterocycles. The Morgan fingerprint density at radius 3 is 2.50 bits per heavy atom. The fourth-order valence-corrected chi connectivity index (χ4v) is 1.53. The van der Waals surface area contributed by atoms with Gasteiger partial charge < -0.3 is 10.0 Å². The van der Waals surface area contributed by atoms with E-state index in [2.05, 4.69) is 6.92 Å². The van der Waals surface area contributed by atoms with Crippen molar-refractivity contribution < 1.29 is 14.7 Å². The predicted octanol–water partition coefficient (Wildman–Crippen LogP) is 0.966. The second-order valence-electron chi connectivity index (χ2n) is 3.90. The smallest absolute Gasteiger partial charge is 0.307 e. The second-order valence-corrected chi connectivity index (χ2v) is 3.90. The molecule has 0 bridgehead atoms. The van der Waals surface area contributed by atoms with E-state index in [9.17, 15) is 9.59 Å². The molecule has 0 radical (unpaired) electrons. The van der Waals surface area contributed by atoms with Crippen molar-refractivity contribution >= 4 is 11.9 Å². The lowest BCUT2D eigenvalue weighted by Gasteiger charge is -2.16. The Balaban J connectivity index is 2.32. The fourth-order valence-electron chi connectivity index (χ4n) is 1.53. The number of carbonyl (C=O) groups excluding carboxylic acids is 1. The molecule has 1 fully saturated rings. The number of unbranched alkanes of at least 4 members (excludes halogenated alkanes) is 1. The first-order valence-electron chi connectivity index (χ1n) is 5.05. The van der Waals surface area contributed by atoms with Gasteiger partial charge in [0.1, 0.15) is 0 Å². The summed E-state index contributed by atoms with van der Waals surface area (Å²) in [5, 5.41) is 8.66. The number of nitrogens with zero attached hydrogens (tertiary/aromatic N) is 1. The number of hydrogen-bond donors (Lipinski definition) is 1. The molecule has 4 nitrogen and oxygen atoms in total. The summed E-state index contributed by atoms with van der Waals surface area (Å²) in [6.45, 7) is 2.80. The summed E-state index contributed by atoms with van der Waals surface area (Å²) in [5.74, 6) is -1.53. The van der Waals surface area contributed by atoms with E-state index in [0.29, 0.717) is 6.42 Å². The van der Waals surface area contributed by atoms with Crippen molar-refractivity contribution in [3.8, 4) is 0 Å². The van der Waals surface area contributed by atoms with Gasteiger partial charge in [-0.1, -0.05) is 13.3 Å². The molecular formula is C10H17NO3. The van der Waals surface area contributed by atoms with Crippen LogP contribution >= 0.6 is 0 Å². The molecule has 0 aromatic carbocycles.